The third-order valence-corrected chi connectivity index (χ3v) is 4.76. The number of aliphatic carboxylic acids is 1. The Morgan fingerprint density at radius 1 is 1.06 bits per heavy atom. The molecular weight excluding hydrogens is 412 g/mol. The maximum atomic E-state index is 12.4. The third-order valence-electron chi connectivity index (χ3n) is 4.76. The highest BCUT2D eigenvalue weighted by Crippen LogP contribution is 2.26. The molecule has 32 heavy (non-hydrogen) atoms. The monoisotopic (exact) mass is 442 g/mol. The van der Waals surface area contributed by atoms with E-state index < -0.39 is 12.0 Å². The van der Waals surface area contributed by atoms with Gasteiger partial charge in [0.15, 0.2) is 0 Å². The standard InChI is InChI=1S/C23H30N4O5/c1-4-27(13-7-10-22(29)30)26-21(28)15-17-11-12-19(20(14-17)32-3)25-23(31)24-18-9-6-5-8-16(18)2/h5-6,8-9,11-12,14H,4,7,10,13,15H2,1-3H3,(H,26,28)(H,29,30)(H2,24,25,31). The van der Waals surface area contributed by atoms with Gasteiger partial charge in [0.2, 0.25) is 5.91 Å². The van der Waals surface area contributed by atoms with Crippen LogP contribution in [-0.4, -0.2) is 48.2 Å². The Hall–Kier alpha value is -3.59. The number of nitrogens with one attached hydrogen (secondary N) is 3. The number of methoxy groups -OCH3 is 1. The van der Waals surface area contributed by atoms with E-state index >= 15 is 0 Å². The van der Waals surface area contributed by atoms with Crippen LogP contribution >= 0.6 is 0 Å². The van der Waals surface area contributed by atoms with Crippen LogP contribution < -0.4 is 20.8 Å². The lowest BCUT2D eigenvalue weighted by Crippen LogP contribution is -2.43. The summed E-state index contributed by atoms with van der Waals surface area (Å²) in [5.74, 6) is -0.646. The maximum absolute atomic E-state index is 12.4. The Bertz CT molecular complexity index is 948. The number of hydrogen-bond donors (Lipinski definition) is 4. The van der Waals surface area contributed by atoms with Crippen molar-refractivity contribution in [1.82, 2.24) is 10.4 Å². The molecule has 0 radical (unpaired) electrons. The minimum atomic E-state index is -0.860. The van der Waals surface area contributed by atoms with Gasteiger partial charge < -0.3 is 20.5 Å². The third kappa shape index (κ3) is 7.92. The quantitative estimate of drug-likeness (QED) is 0.396. The average molecular weight is 443 g/mol. The molecule has 0 aromatic heterocycles. The number of urea groups is 1. The molecule has 0 aliphatic heterocycles. The number of ether oxygens (including phenoxy) is 1. The summed E-state index contributed by atoms with van der Waals surface area (Å²) in [7, 11) is 1.49. The molecule has 0 unspecified atom stereocenters. The molecule has 0 spiro atoms. The van der Waals surface area contributed by atoms with E-state index in [0.29, 0.717) is 42.2 Å². The topological polar surface area (TPSA) is 120 Å². The van der Waals surface area contributed by atoms with Crippen molar-refractivity contribution in [2.45, 2.75) is 33.1 Å². The number of nitrogens with zero attached hydrogens (tertiary/aromatic N) is 1. The Kier molecular flexibility index (Phi) is 9.49. The van der Waals surface area contributed by atoms with Crippen molar-refractivity contribution < 1.29 is 24.2 Å². The number of carbonyl (C=O) groups is 3. The van der Waals surface area contributed by atoms with Gasteiger partial charge >= 0.3 is 12.0 Å². The number of anilines is 2. The molecule has 2 rings (SSSR count). The first kappa shape index (κ1) is 24.7. The predicted octanol–water partition coefficient (Wildman–Crippen LogP) is 3.41. The predicted molar refractivity (Wildman–Crippen MR) is 123 cm³/mol. The van der Waals surface area contributed by atoms with Crippen molar-refractivity contribution in [2.24, 2.45) is 0 Å². The van der Waals surface area contributed by atoms with Crippen LogP contribution in [0.15, 0.2) is 42.5 Å². The summed E-state index contributed by atoms with van der Waals surface area (Å²) in [4.78, 5) is 35.4. The van der Waals surface area contributed by atoms with Gasteiger partial charge in [0.05, 0.1) is 19.2 Å². The van der Waals surface area contributed by atoms with Gasteiger partial charge in [-0.15, -0.1) is 0 Å². The summed E-state index contributed by atoms with van der Waals surface area (Å²) in [5, 5.41) is 16.0. The van der Waals surface area contributed by atoms with E-state index in [1.807, 2.05) is 38.1 Å². The molecule has 4 N–H and O–H groups in total. The first-order chi connectivity index (χ1) is 15.3. The SMILES string of the molecule is CCN(CCCC(=O)O)NC(=O)Cc1ccc(NC(=O)Nc2ccccc2C)c(OC)c1. The van der Waals surface area contributed by atoms with Crippen molar-refractivity contribution in [3.05, 3.63) is 53.6 Å². The van der Waals surface area contributed by atoms with Crippen molar-refractivity contribution in [3.63, 3.8) is 0 Å². The molecule has 0 aliphatic carbocycles. The second-order valence-corrected chi connectivity index (χ2v) is 7.22. The summed E-state index contributed by atoms with van der Waals surface area (Å²) in [5.41, 5.74) is 5.63. The van der Waals surface area contributed by atoms with Gasteiger partial charge in [0.1, 0.15) is 5.75 Å². The van der Waals surface area contributed by atoms with Gasteiger partial charge in [0, 0.05) is 25.2 Å². The largest absolute Gasteiger partial charge is 0.495 e. The molecule has 0 heterocycles. The zero-order chi connectivity index (χ0) is 23.5. The highest BCUT2D eigenvalue weighted by atomic mass is 16.5. The fourth-order valence-electron chi connectivity index (χ4n) is 3.05. The van der Waals surface area contributed by atoms with Crippen LogP contribution in [0.5, 0.6) is 5.75 Å². The number of hydrazine groups is 1. The number of carboxylic acid groups (broad SMARTS) is 1. The van der Waals surface area contributed by atoms with Crippen LogP contribution in [0.1, 0.15) is 30.9 Å². The normalized spacial score (nSPS) is 10.5. The minimum absolute atomic E-state index is 0.0510. The highest BCUT2D eigenvalue weighted by Gasteiger charge is 2.13. The molecule has 9 heteroatoms. The van der Waals surface area contributed by atoms with E-state index in [9.17, 15) is 14.4 Å². The number of carboxylic acids is 1. The summed E-state index contributed by atoms with van der Waals surface area (Å²) in [6.07, 6.45) is 0.610. The number of para-hydroxylation sites is 1. The molecule has 0 aliphatic rings. The van der Waals surface area contributed by atoms with E-state index in [2.05, 4.69) is 16.1 Å². The summed E-state index contributed by atoms with van der Waals surface area (Å²) in [6.45, 7) is 4.80. The molecule has 2 aromatic rings. The van der Waals surface area contributed by atoms with E-state index in [4.69, 9.17) is 9.84 Å². The Balaban J connectivity index is 1.95. The second kappa shape index (κ2) is 12.3. The van der Waals surface area contributed by atoms with Crippen LogP contribution in [0.3, 0.4) is 0 Å². The van der Waals surface area contributed by atoms with Crippen LogP contribution in [0, 0.1) is 6.92 Å². The highest BCUT2D eigenvalue weighted by molar-refractivity contribution is 6.01. The number of aryl methyl sites for hydroxylation is 1. The fraction of sp³-hybridized carbons (Fsp3) is 0.348. The molecule has 172 valence electrons. The average Bonchev–Trinajstić information content (AvgIpc) is 2.75. The first-order valence-corrected chi connectivity index (χ1v) is 10.4. The number of benzene rings is 2. The fourth-order valence-corrected chi connectivity index (χ4v) is 3.05. The summed E-state index contributed by atoms with van der Waals surface area (Å²) < 4.78 is 5.38. The first-order valence-electron chi connectivity index (χ1n) is 10.4. The minimum Gasteiger partial charge on any atom is -0.495 e. The molecule has 3 amide bonds. The van der Waals surface area contributed by atoms with Crippen LogP contribution in [0.4, 0.5) is 16.2 Å². The molecule has 9 nitrogen and oxygen atoms in total. The Morgan fingerprint density at radius 3 is 2.44 bits per heavy atom. The Morgan fingerprint density at radius 2 is 1.78 bits per heavy atom. The number of amides is 3. The molecular formula is C23H30N4O5. The summed E-state index contributed by atoms with van der Waals surface area (Å²) >= 11 is 0. The second-order valence-electron chi connectivity index (χ2n) is 7.22. The van der Waals surface area contributed by atoms with Gasteiger partial charge in [-0.3, -0.25) is 15.0 Å². The zero-order valence-corrected chi connectivity index (χ0v) is 18.6. The molecule has 0 saturated carbocycles. The number of rotatable bonds is 11. The Labute approximate surface area is 187 Å². The van der Waals surface area contributed by atoms with Crippen molar-refractivity contribution in [1.29, 1.82) is 0 Å². The van der Waals surface area contributed by atoms with E-state index in [1.165, 1.54) is 7.11 Å². The lowest BCUT2D eigenvalue weighted by molar-refractivity contribution is -0.137. The van der Waals surface area contributed by atoms with Crippen molar-refractivity contribution >= 4 is 29.3 Å². The van der Waals surface area contributed by atoms with Gasteiger partial charge in [-0.05, 0) is 42.7 Å². The molecule has 0 saturated heterocycles. The van der Waals surface area contributed by atoms with Gasteiger partial charge in [-0.2, -0.15) is 0 Å². The van der Waals surface area contributed by atoms with Crippen LogP contribution in [0.2, 0.25) is 0 Å². The maximum Gasteiger partial charge on any atom is 0.323 e. The van der Waals surface area contributed by atoms with E-state index in [0.717, 1.165) is 5.56 Å². The lowest BCUT2D eigenvalue weighted by atomic mass is 10.1. The zero-order valence-electron chi connectivity index (χ0n) is 18.6. The van der Waals surface area contributed by atoms with Crippen LogP contribution in [0.25, 0.3) is 0 Å². The smallest absolute Gasteiger partial charge is 0.323 e. The van der Waals surface area contributed by atoms with Crippen molar-refractivity contribution in [2.75, 3.05) is 30.8 Å². The van der Waals surface area contributed by atoms with E-state index in [-0.39, 0.29) is 18.7 Å². The molecule has 0 fully saturated rings. The number of hydrogen-bond acceptors (Lipinski definition) is 5. The van der Waals surface area contributed by atoms with Gasteiger partial charge in [-0.1, -0.05) is 31.2 Å². The van der Waals surface area contributed by atoms with Gasteiger partial charge in [-0.25, -0.2) is 9.80 Å². The summed E-state index contributed by atoms with van der Waals surface area (Å²) in [6, 6.07) is 12.2. The number of carbonyl (C=O) groups excluding carboxylic acids is 2. The van der Waals surface area contributed by atoms with E-state index in [1.54, 1.807) is 23.2 Å². The van der Waals surface area contributed by atoms with Crippen molar-refractivity contribution in [3.8, 4) is 5.75 Å². The molecule has 2 aromatic carbocycles. The molecule has 0 bridgehead atoms. The lowest BCUT2D eigenvalue weighted by Gasteiger charge is -2.21. The van der Waals surface area contributed by atoms with Gasteiger partial charge in [0.25, 0.3) is 0 Å². The van der Waals surface area contributed by atoms with Crippen LogP contribution in [-0.2, 0) is 16.0 Å². The molecule has 0 atom stereocenters.